The highest BCUT2D eigenvalue weighted by atomic mass is 16.3. The third-order valence-electron chi connectivity index (χ3n) is 13.4. The zero-order chi connectivity index (χ0) is 41.9. The van der Waals surface area contributed by atoms with Gasteiger partial charge in [0.1, 0.15) is 11.2 Å². The van der Waals surface area contributed by atoms with Crippen molar-refractivity contribution in [1.29, 1.82) is 0 Å². The zero-order valence-electron chi connectivity index (χ0n) is 34.6. The maximum absolute atomic E-state index is 6.65. The Morgan fingerprint density at radius 2 is 0.766 bits per heavy atom. The molecular weight excluding hydrogens is 779 g/mol. The van der Waals surface area contributed by atoms with E-state index in [2.05, 4.69) is 238 Å². The first-order valence-corrected chi connectivity index (χ1v) is 21.9. The van der Waals surface area contributed by atoms with Crippen LogP contribution >= 0.6 is 0 Å². The molecule has 0 amide bonds. The fraction of sp³-hybridized carbons (Fsp3) is 0. The average molecular weight is 816 g/mol. The van der Waals surface area contributed by atoms with Crippen LogP contribution in [0.15, 0.2) is 229 Å². The van der Waals surface area contributed by atoms with Crippen LogP contribution in [0.5, 0.6) is 0 Å². The summed E-state index contributed by atoms with van der Waals surface area (Å²) in [5.41, 5.74) is 16.9. The van der Waals surface area contributed by atoms with Gasteiger partial charge < -0.3 is 18.1 Å². The summed E-state index contributed by atoms with van der Waals surface area (Å²) in [6, 6.07) is 81.4. The molecule has 4 nitrogen and oxygen atoms in total. The van der Waals surface area contributed by atoms with Crippen molar-refractivity contribution in [3.8, 4) is 39.3 Å². The van der Waals surface area contributed by atoms with E-state index in [1.165, 1.54) is 65.5 Å². The molecule has 0 fully saturated rings. The molecule has 0 aliphatic heterocycles. The summed E-state index contributed by atoms with van der Waals surface area (Å²) in [6.07, 6.45) is 0. The highest BCUT2D eigenvalue weighted by Gasteiger charge is 2.23. The lowest BCUT2D eigenvalue weighted by atomic mass is 9.96. The van der Waals surface area contributed by atoms with E-state index in [1.807, 2.05) is 0 Å². The minimum Gasteiger partial charge on any atom is -0.456 e. The molecule has 14 aromatic rings. The minimum absolute atomic E-state index is 0.879. The Morgan fingerprint density at radius 1 is 0.266 bits per heavy atom. The van der Waals surface area contributed by atoms with Crippen molar-refractivity contribution in [2.45, 2.75) is 0 Å². The van der Waals surface area contributed by atoms with E-state index in [0.717, 1.165) is 61.2 Å². The molecule has 4 heteroatoms. The molecule has 0 spiro atoms. The maximum atomic E-state index is 6.65. The molecule has 64 heavy (non-hydrogen) atoms. The van der Waals surface area contributed by atoms with Gasteiger partial charge in [-0.1, -0.05) is 127 Å². The Bertz CT molecular complexity index is 4170. The van der Waals surface area contributed by atoms with Crippen LogP contribution in [0.1, 0.15) is 0 Å². The molecule has 4 heterocycles. The lowest BCUT2D eigenvalue weighted by Crippen LogP contribution is -1.95. The third-order valence-corrected chi connectivity index (χ3v) is 13.4. The molecular formula is C60H37N3O. The monoisotopic (exact) mass is 815 g/mol. The first kappa shape index (κ1) is 35.0. The molecule has 10 aromatic carbocycles. The molecule has 4 aromatic heterocycles. The number of rotatable bonds is 5. The van der Waals surface area contributed by atoms with Crippen molar-refractivity contribution in [1.82, 2.24) is 13.7 Å². The van der Waals surface area contributed by atoms with E-state index >= 15 is 0 Å². The van der Waals surface area contributed by atoms with Crippen molar-refractivity contribution >= 4 is 87.4 Å². The predicted octanol–water partition coefficient (Wildman–Crippen LogP) is 16.2. The van der Waals surface area contributed by atoms with Gasteiger partial charge in [0.05, 0.1) is 33.1 Å². The molecule has 0 N–H and O–H groups in total. The van der Waals surface area contributed by atoms with Gasteiger partial charge in [0.2, 0.25) is 0 Å². The Balaban J connectivity index is 1.01. The first-order chi connectivity index (χ1) is 31.8. The van der Waals surface area contributed by atoms with Gasteiger partial charge in [-0.05, 0) is 119 Å². The Kier molecular flexibility index (Phi) is 7.36. The molecule has 14 rings (SSSR count). The highest BCUT2D eigenvalue weighted by molar-refractivity contribution is 6.27. The summed E-state index contributed by atoms with van der Waals surface area (Å²) in [5, 5.41) is 9.62. The quantitative estimate of drug-likeness (QED) is 0.170. The Hall–Kier alpha value is -8.60. The summed E-state index contributed by atoms with van der Waals surface area (Å²) in [6.45, 7) is 0. The zero-order valence-corrected chi connectivity index (χ0v) is 34.6. The van der Waals surface area contributed by atoms with Gasteiger partial charge in [0.15, 0.2) is 0 Å². The van der Waals surface area contributed by atoms with E-state index in [1.54, 1.807) is 0 Å². The van der Waals surface area contributed by atoms with E-state index < -0.39 is 0 Å². The SMILES string of the molecule is c1ccc(-n2c3ccccc3c3cc(-c4ccc5oc6cccc(-c7ccc8c(c7)c7c(ccc9c%10ccccc%10n(-c%10ccccc%10)c97)n8-c7ccccc7)c6c5c4)ccc32)cc1. The van der Waals surface area contributed by atoms with Gasteiger partial charge in [-0.15, -0.1) is 0 Å². The van der Waals surface area contributed by atoms with Crippen LogP contribution in [0.4, 0.5) is 0 Å². The second-order valence-corrected chi connectivity index (χ2v) is 16.9. The molecule has 0 bridgehead atoms. The van der Waals surface area contributed by atoms with Crippen molar-refractivity contribution < 1.29 is 4.42 Å². The highest BCUT2D eigenvalue weighted by Crippen LogP contribution is 2.45. The Labute approximate surface area is 367 Å². The number of hydrogen-bond donors (Lipinski definition) is 0. The molecule has 0 aliphatic carbocycles. The van der Waals surface area contributed by atoms with Crippen LogP contribution in [-0.4, -0.2) is 13.7 Å². The summed E-state index contributed by atoms with van der Waals surface area (Å²) in [7, 11) is 0. The fourth-order valence-electron chi connectivity index (χ4n) is 10.7. The molecule has 0 aliphatic rings. The lowest BCUT2D eigenvalue weighted by Gasteiger charge is -2.09. The van der Waals surface area contributed by atoms with Crippen LogP contribution in [0.3, 0.4) is 0 Å². The van der Waals surface area contributed by atoms with Gasteiger partial charge in [0.25, 0.3) is 0 Å². The van der Waals surface area contributed by atoms with Gasteiger partial charge in [-0.3, -0.25) is 0 Å². The van der Waals surface area contributed by atoms with E-state index in [4.69, 9.17) is 4.42 Å². The summed E-state index contributed by atoms with van der Waals surface area (Å²) < 4.78 is 13.9. The number of aromatic nitrogens is 3. The molecule has 0 atom stereocenters. The predicted molar refractivity (Wildman–Crippen MR) is 268 cm³/mol. The largest absolute Gasteiger partial charge is 0.456 e. The number of hydrogen-bond acceptors (Lipinski definition) is 1. The van der Waals surface area contributed by atoms with Gasteiger partial charge in [-0.25, -0.2) is 0 Å². The second kappa shape index (κ2) is 13.4. The van der Waals surface area contributed by atoms with Crippen LogP contribution in [0.2, 0.25) is 0 Å². The Morgan fingerprint density at radius 3 is 1.47 bits per heavy atom. The fourth-order valence-corrected chi connectivity index (χ4v) is 10.7. The van der Waals surface area contributed by atoms with Crippen molar-refractivity contribution in [3.63, 3.8) is 0 Å². The molecule has 0 saturated heterocycles. The number of benzene rings is 10. The van der Waals surface area contributed by atoms with Crippen molar-refractivity contribution in [3.05, 3.63) is 224 Å². The van der Waals surface area contributed by atoms with Gasteiger partial charge in [-0.2, -0.15) is 0 Å². The number of fused-ring (bicyclic) bond motifs is 13. The number of nitrogens with zero attached hydrogens (tertiary/aromatic N) is 3. The lowest BCUT2D eigenvalue weighted by molar-refractivity contribution is 0.669. The minimum atomic E-state index is 0.879. The normalized spacial score (nSPS) is 12.1. The maximum Gasteiger partial charge on any atom is 0.136 e. The van der Waals surface area contributed by atoms with Gasteiger partial charge >= 0.3 is 0 Å². The van der Waals surface area contributed by atoms with E-state index in [0.29, 0.717) is 0 Å². The average Bonchev–Trinajstić information content (AvgIpc) is 4.10. The van der Waals surface area contributed by atoms with Crippen LogP contribution in [0, 0.1) is 0 Å². The summed E-state index contributed by atoms with van der Waals surface area (Å²) in [5.74, 6) is 0. The second-order valence-electron chi connectivity index (χ2n) is 16.9. The van der Waals surface area contributed by atoms with E-state index in [-0.39, 0.29) is 0 Å². The first-order valence-electron chi connectivity index (χ1n) is 21.9. The van der Waals surface area contributed by atoms with Crippen LogP contribution in [0.25, 0.3) is 127 Å². The molecule has 0 radical (unpaired) electrons. The van der Waals surface area contributed by atoms with E-state index in [9.17, 15) is 0 Å². The van der Waals surface area contributed by atoms with Crippen LogP contribution < -0.4 is 0 Å². The van der Waals surface area contributed by atoms with Crippen LogP contribution in [-0.2, 0) is 0 Å². The van der Waals surface area contributed by atoms with Crippen molar-refractivity contribution in [2.24, 2.45) is 0 Å². The number of furan rings is 1. The summed E-state index contributed by atoms with van der Waals surface area (Å²) in [4.78, 5) is 0. The number of para-hydroxylation sites is 5. The van der Waals surface area contributed by atoms with Crippen molar-refractivity contribution in [2.75, 3.05) is 0 Å². The smallest absolute Gasteiger partial charge is 0.136 e. The summed E-state index contributed by atoms with van der Waals surface area (Å²) >= 11 is 0. The molecule has 0 saturated carbocycles. The molecule has 0 unspecified atom stereocenters. The van der Waals surface area contributed by atoms with Gasteiger partial charge in [0, 0.05) is 60.2 Å². The molecule has 298 valence electrons. The third kappa shape index (κ3) is 4.99. The standard InChI is InChI=1S/C60H37N3O/c1-4-15-41(16-5-1)61-51-24-12-11-22-46(51)48-35-38(27-31-53(48)61)39-29-34-56-50(36-39)58-44(23-14-26-57(58)64-56)40-28-32-54-49(37-40)59-55(62(54)42-17-6-2-7-18-42)33-30-47-45-21-10-13-25-52(45)63(60(47)59)43-19-8-3-9-20-43/h1-37H. The topological polar surface area (TPSA) is 27.9 Å².